The number of rotatable bonds is 10. The van der Waals surface area contributed by atoms with Crippen LogP contribution in [-0.2, 0) is 4.79 Å². The second-order valence-electron chi connectivity index (χ2n) is 4.15. The first-order chi connectivity index (χ1) is 7.93. The molecule has 0 aromatic carbocycles. The van der Waals surface area contributed by atoms with E-state index in [2.05, 4.69) is 0 Å². The van der Waals surface area contributed by atoms with E-state index in [-0.39, 0.29) is 18.1 Å². The molecule has 1 atom stereocenters. The van der Waals surface area contributed by atoms with Crippen molar-refractivity contribution in [3.63, 3.8) is 0 Å². The van der Waals surface area contributed by atoms with Gasteiger partial charge in [0.2, 0.25) is 5.92 Å². The van der Waals surface area contributed by atoms with E-state index in [1.807, 2.05) is 6.92 Å². The van der Waals surface area contributed by atoms with Crippen molar-refractivity contribution in [1.29, 1.82) is 0 Å². The number of unbranched alkanes of at least 4 members (excludes halogenated alkanes) is 1. The summed E-state index contributed by atoms with van der Waals surface area (Å²) in [6.07, 6.45) is 2.40. The van der Waals surface area contributed by atoms with E-state index in [4.69, 9.17) is 5.11 Å². The molecule has 0 spiro atoms. The zero-order valence-electron chi connectivity index (χ0n) is 10.5. The summed E-state index contributed by atoms with van der Waals surface area (Å²) in [5.41, 5.74) is 0. The van der Waals surface area contributed by atoms with Gasteiger partial charge in [-0.1, -0.05) is 20.3 Å². The van der Waals surface area contributed by atoms with Gasteiger partial charge >= 0.3 is 5.97 Å². The molecule has 2 nitrogen and oxygen atoms in total. The quantitative estimate of drug-likeness (QED) is 0.604. The molecular formula is C12H22F2O2S. The molecular weight excluding hydrogens is 246 g/mol. The van der Waals surface area contributed by atoms with Gasteiger partial charge in [-0.25, -0.2) is 8.78 Å². The van der Waals surface area contributed by atoms with Crippen LogP contribution >= 0.6 is 11.8 Å². The first-order valence-corrected chi connectivity index (χ1v) is 7.20. The molecule has 17 heavy (non-hydrogen) atoms. The van der Waals surface area contributed by atoms with Gasteiger partial charge in [0.05, 0.1) is 0 Å². The number of aliphatic carboxylic acids is 1. The summed E-state index contributed by atoms with van der Waals surface area (Å²) in [6.45, 7) is 3.43. The molecule has 1 unspecified atom stereocenters. The van der Waals surface area contributed by atoms with E-state index in [0.717, 1.165) is 6.42 Å². The number of carbonyl (C=O) groups is 1. The van der Waals surface area contributed by atoms with Crippen LogP contribution in [-0.4, -0.2) is 28.0 Å². The van der Waals surface area contributed by atoms with Crippen LogP contribution < -0.4 is 0 Å². The Hall–Kier alpha value is -0.320. The second-order valence-corrected chi connectivity index (χ2v) is 5.46. The summed E-state index contributed by atoms with van der Waals surface area (Å²) in [6, 6.07) is 0. The predicted molar refractivity (Wildman–Crippen MR) is 67.9 cm³/mol. The molecule has 0 fully saturated rings. The molecule has 5 heteroatoms. The summed E-state index contributed by atoms with van der Waals surface area (Å²) in [5, 5.41) is 8.50. The highest BCUT2D eigenvalue weighted by atomic mass is 32.2. The molecule has 0 radical (unpaired) electrons. The molecule has 0 amide bonds. The van der Waals surface area contributed by atoms with Gasteiger partial charge in [-0.3, -0.25) is 4.79 Å². The predicted octanol–water partition coefficient (Wildman–Crippen LogP) is 4.19. The van der Waals surface area contributed by atoms with Crippen molar-refractivity contribution in [3.05, 3.63) is 0 Å². The standard InChI is InChI=1S/C12H22F2O2S/c1-3-7-10(11(15)16)17-9-6-5-8-12(13,14)4-2/h10H,3-9H2,1-2H3,(H,15,16). The minimum absolute atomic E-state index is 0.0877. The number of carboxylic acids is 1. The highest BCUT2D eigenvalue weighted by molar-refractivity contribution is 8.00. The molecule has 1 N–H and O–H groups in total. The van der Waals surface area contributed by atoms with Crippen LogP contribution in [0.5, 0.6) is 0 Å². The fourth-order valence-corrected chi connectivity index (χ4v) is 2.63. The summed E-state index contributed by atoms with van der Waals surface area (Å²) in [7, 11) is 0. The molecule has 0 saturated heterocycles. The topological polar surface area (TPSA) is 37.3 Å². The average molecular weight is 268 g/mol. The number of carboxylic acid groups (broad SMARTS) is 1. The number of hydrogen-bond donors (Lipinski definition) is 1. The monoisotopic (exact) mass is 268 g/mol. The molecule has 0 saturated carbocycles. The summed E-state index contributed by atoms with van der Waals surface area (Å²) < 4.78 is 25.8. The third kappa shape index (κ3) is 8.41. The largest absolute Gasteiger partial charge is 0.480 e. The second kappa shape index (κ2) is 8.72. The molecule has 0 aliphatic heterocycles. The first kappa shape index (κ1) is 16.7. The number of alkyl halides is 2. The molecule has 0 heterocycles. The molecule has 0 rings (SSSR count). The maximum Gasteiger partial charge on any atom is 0.316 e. The van der Waals surface area contributed by atoms with Crippen LogP contribution in [0.15, 0.2) is 0 Å². The van der Waals surface area contributed by atoms with Crippen molar-refractivity contribution in [2.75, 3.05) is 5.75 Å². The van der Waals surface area contributed by atoms with Gasteiger partial charge in [0.25, 0.3) is 0 Å². The van der Waals surface area contributed by atoms with Crippen LogP contribution in [0.25, 0.3) is 0 Å². The Bertz CT molecular complexity index is 223. The number of thioether (sulfide) groups is 1. The van der Waals surface area contributed by atoms with Crippen LogP contribution in [0.4, 0.5) is 8.78 Å². The Kier molecular flexibility index (Phi) is 8.56. The third-order valence-corrected chi connectivity index (χ3v) is 3.96. The molecule has 0 aliphatic rings. The van der Waals surface area contributed by atoms with Gasteiger partial charge in [-0.05, 0) is 25.0 Å². The van der Waals surface area contributed by atoms with Crippen molar-refractivity contribution < 1.29 is 18.7 Å². The summed E-state index contributed by atoms with van der Waals surface area (Å²) in [5.74, 6) is -2.70. The maximum atomic E-state index is 12.9. The molecule has 0 aromatic rings. The van der Waals surface area contributed by atoms with Crippen LogP contribution in [0, 0.1) is 0 Å². The SMILES string of the molecule is CCCC(SCCCCC(F)(F)CC)C(=O)O. The lowest BCUT2D eigenvalue weighted by Crippen LogP contribution is -2.17. The molecule has 0 aromatic heterocycles. The van der Waals surface area contributed by atoms with Crippen molar-refractivity contribution in [3.8, 4) is 0 Å². The van der Waals surface area contributed by atoms with Gasteiger partial charge < -0.3 is 5.11 Å². The fraction of sp³-hybridized carbons (Fsp3) is 0.917. The Morgan fingerprint density at radius 3 is 2.47 bits per heavy atom. The lowest BCUT2D eigenvalue weighted by molar-refractivity contribution is -0.136. The van der Waals surface area contributed by atoms with Crippen molar-refractivity contribution >= 4 is 17.7 Å². The average Bonchev–Trinajstić information content (AvgIpc) is 2.27. The normalized spacial score (nSPS) is 13.6. The van der Waals surface area contributed by atoms with Gasteiger partial charge in [-0.2, -0.15) is 0 Å². The van der Waals surface area contributed by atoms with Crippen molar-refractivity contribution in [1.82, 2.24) is 0 Å². The highest BCUT2D eigenvalue weighted by Gasteiger charge is 2.25. The molecule has 0 aliphatic carbocycles. The summed E-state index contributed by atoms with van der Waals surface area (Å²) >= 11 is 1.37. The molecule has 0 bridgehead atoms. The smallest absolute Gasteiger partial charge is 0.316 e. The van der Waals surface area contributed by atoms with E-state index >= 15 is 0 Å². The van der Waals surface area contributed by atoms with Crippen LogP contribution in [0.2, 0.25) is 0 Å². The van der Waals surface area contributed by atoms with E-state index in [0.29, 0.717) is 25.0 Å². The van der Waals surface area contributed by atoms with Crippen molar-refractivity contribution in [2.24, 2.45) is 0 Å². The van der Waals surface area contributed by atoms with Crippen LogP contribution in [0.3, 0.4) is 0 Å². The zero-order valence-corrected chi connectivity index (χ0v) is 11.4. The fourth-order valence-electron chi connectivity index (χ4n) is 1.43. The maximum absolute atomic E-state index is 12.9. The van der Waals surface area contributed by atoms with E-state index < -0.39 is 11.9 Å². The Morgan fingerprint density at radius 2 is 2.00 bits per heavy atom. The van der Waals surface area contributed by atoms with E-state index in [1.165, 1.54) is 18.7 Å². The van der Waals surface area contributed by atoms with Gasteiger partial charge in [0.15, 0.2) is 0 Å². The zero-order chi connectivity index (χ0) is 13.3. The first-order valence-electron chi connectivity index (χ1n) is 6.15. The van der Waals surface area contributed by atoms with E-state index in [9.17, 15) is 13.6 Å². The Labute approximate surface area is 106 Å². The van der Waals surface area contributed by atoms with Crippen molar-refractivity contribution in [2.45, 2.75) is 63.5 Å². The highest BCUT2D eigenvalue weighted by Crippen LogP contribution is 2.26. The Morgan fingerprint density at radius 1 is 1.35 bits per heavy atom. The lowest BCUT2D eigenvalue weighted by atomic mass is 10.1. The minimum Gasteiger partial charge on any atom is -0.480 e. The van der Waals surface area contributed by atoms with Crippen LogP contribution in [0.1, 0.15) is 52.4 Å². The summed E-state index contributed by atoms with van der Waals surface area (Å²) in [4.78, 5) is 10.8. The molecule has 102 valence electrons. The van der Waals surface area contributed by atoms with Gasteiger partial charge in [-0.15, -0.1) is 11.8 Å². The minimum atomic E-state index is -2.56. The van der Waals surface area contributed by atoms with E-state index in [1.54, 1.807) is 0 Å². The van der Waals surface area contributed by atoms with Gasteiger partial charge in [0.1, 0.15) is 5.25 Å². The number of halogens is 2. The Balaban J connectivity index is 3.65. The third-order valence-electron chi connectivity index (χ3n) is 2.60. The number of hydrogen-bond acceptors (Lipinski definition) is 2. The lowest BCUT2D eigenvalue weighted by Gasteiger charge is -2.14. The van der Waals surface area contributed by atoms with Gasteiger partial charge in [0, 0.05) is 12.8 Å².